The summed E-state index contributed by atoms with van der Waals surface area (Å²) in [6, 6.07) is 10.2. The zero-order valence-electron chi connectivity index (χ0n) is 12.6. The van der Waals surface area contributed by atoms with Gasteiger partial charge in [0.1, 0.15) is 0 Å². The third-order valence-corrected chi connectivity index (χ3v) is 3.96. The molecule has 1 aromatic rings. The van der Waals surface area contributed by atoms with Crippen LogP contribution < -0.4 is 0 Å². The monoisotopic (exact) mass is 295 g/mol. The van der Waals surface area contributed by atoms with Crippen molar-refractivity contribution in [1.29, 1.82) is 0 Å². The fraction of sp³-hybridized carbons (Fsp3) is 0.562. The highest BCUT2D eigenvalue weighted by Crippen LogP contribution is 2.18. The standard InChI is InChI=1S/C16H25NO2S/c1-4-17(13-16(2,3)19)15(18)11-8-12-20-14-9-6-5-7-10-14/h5-7,9-10,19H,4,8,11-13H2,1-3H3. The van der Waals surface area contributed by atoms with Crippen LogP contribution in [-0.4, -0.2) is 40.4 Å². The minimum absolute atomic E-state index is 0.128. The molecule has 112 valence electrons. The first-order chi connectivity index (χ1) is 9.42. The van der Waals surface area contributed by atoms with E-state index in [-0.39, 0.29) is 5.91 Å². The first kappa shape index (κ1) is 17.1. The molecule has 0 saturated heterocycles. The molecule has 4 heteroatoms. The molecule has 1 rings (SSSR count). The Labute approximate surface area is 126 Å². The van der Waals surface area contributed by atoms with E-state index in [1.165, 1.54) is 4.90 Å². The lowest BCUT2D eigenvalue weighted by Gasteiger charge is -2.28. The maximum atomic E-state index is 12.1. The van der Waals surface area contributed by atoms with Gasteiger partial charge in [-0.15, -0.1) is 11.8 Å². The highest BCUT2D eigenvalue weighted by Gasteiger charge is 2.20. The Morgan fingerprint density at radius 1 is 1.30 bits per heavy atom. The van der Waals surface area contributed by atoms with E-state index in [1.54, 1.807) is 30.5 Å². The van der Waals surface area contributed by atoms with E-state index in [4.69, 9.17) is 0 Å². The van der Waals surface area contributed by atoms with Crippen LogP contribution >= 0.6 is 11.8 Å². The summed E-state index contributed by atoms with van der Waals surface area (Å²) in [7, 11) is 0. The zero-order chi connectivity index (χ0) is 15.0. The molecule has 20 heavy (non-hydrogen) atoms. The van der Waals surface area contributed by atoms with Crippen LogP contribution in [0.5, 0.6) is 0 Å². The molecule has 0 aliphatic rings. The van der Waals surface area contributed by atoms with Gasteiger partial charge in [0.25, 0.3) is 0 Å². The van der Waals surface area contributed by atoms with E-state index in [1.807, 2.05) is 25.1 Å². The molecule has 1 aromatic carbocycles. The molecule has 0 radical (unpaired) electrons. The minimum atomic E-state index is -0.829. The molecule has 0 fully saturated rings. The quantitative estimate of drug-likeness (QED) is 0.591. The van der Waals surface area contributed by atoms with Crippen LogP contribution in [0.25, 0.3) is 0 Å². The van der Waals surface area contributed by atoms with E-state index >= 15 is 0 Å². The van der Waals surface area contributed by atoms with Crippen molar-refractivity contribution in [2.24, 2.45) is 0 Å². The van der Waals surface area contributed by atoms with Crippen molar-refractivity contribution in [2.45, 2.75) is 44.1 Å². The van der Waals surface area contributed by atoms with E-state index in [9.17, 15) is 9.90 Å². The van der Waals surface area contributed by atoms with Crippen molar-refractivity contribution < 1.29 is 9.90 Å². The van der Waals surface area contributed by atoms with Gasteiger partial charge in [-0.05, 0) is 45.1 Å². The van der Waals surface area contributed by atoms with Crippen LogP contribution in [0.4, 0.5) is 0 Å². The van der Waals surface area contributed by atoms with E-state index in [0.717, 1.165) is 12.2 Å². The summed E-state index contributed by atoms with van der Waals surface area (Å²) in [4.78, 5) is 15.0. The Bertz CT molecular complexity index is 401. The van der Waals surface area contributed by atoms with Crippen molar-refractivity contribution in [2.75, 3.05) is 18.8 Å². The minimum Gasteiger partial charge on any atom is -0.389 e. The summed E-state index contributed by atoms with van der Waals surface area (Å²) in [5, 5.41) is 9.79. The molecule has 1 N–H and O–H groups in total. The van der Waals surface area contributed by atoms with Crippen LogP contribution in [0, 0.1) is 0 Å². The van der Waals surface area contributed by atoms with Crippen LogP contribution in [0.15, 0.2) is 35.2 Å². The van der Waals surface area contributed by atoms with Gasteiger partial charge >= 0.3 is 0 Å². The molecule has 0 saturated carbocycles. The van der Waals surface area contributed by atoms with Gasteiger partial charge in [-0.2, -0.15) is 0 Å². The topological polar surface area (TPSA) is 40.5 Å². The maximum absolute atomic E-state index is 12.1. The summed E-state index contributed by atoms with van der Waals surface area (Å²) >= 11 is 1.77. The lowest BCUT2D eigenvalue weighted by molar-refractivity contribution is -0.133. The van der Waals surface area contributed by atoms with Gasteiger partial charge < -0.3 is 10.0 Å². The average Bonchev–Trinajstić information content (AvgIpc) is 2.41. The van der Waals surface area contributed by atoms with E-state index in [0.29, 0.717) is 19.5 Å². The fourth-order valence-electron chi connectivity index (χ4n) is 1.93. The van der Waals surface area contributed by atoms with Crippen molar-refractivity contribution in [3.63, 3.8) is 0 Å². The Morgan fingerprint density at radius 2 is 1.95 bits per heavy atom. The third kappa shape index (κ3) is 6.96. The summed E-state index contributed by atoms with van der Waals surface area (Å²) in [5.74, 6) is 1.07. The molecular weight excluding hydrogens is 270 g/mol. The molecule has 0 aliphatic carbocycles. The lowest BCUT2D eigenvalue weighted by atomic mass is 10.1. The van der Waals surface area contributed by atoms with Crippen LogP contribution in [0.1, 0.15) is 33.6 Å². The van der Waals surface area contributed by atoms with Gasteiger partial charge in [0.15, 0.2) is 0 Å². The Balaban J connectivity index is 2.28. The summed E-state index contributed by atoms with van der Waals surface area (Å²) in [6.07, 6.45) is 1.41. The number of thioether (sulfide) groups is 1. The second-order valence-electron chi connectivity index (χ2n) is 5.49. The van der Waals surface area contributed by atoms with Gasteiger partial charge in [-0.3, -0.25) is 4.79 Å². The normalized spacial score (nSPS) is 11.4. The molecule has 0 unspecified atom stereocenters. The smallest absolute Gasteiger partial charge is 0.222 e. The predicted molar refractivity (Wildman–Crippen MR) is 85.0 cm³/mol. The number of carbonyl (C=O) groups excluding carboxylic acids is 1. The van der Waals surface area contributed by atoms with E-state index in [2.05, 4.69) is 12.1 Å². The van der Waals surface area contributed by atoms with Gasteiger partial charge in [0.2, 0.25) is 5.91 Å². The SMILES string of the molecule is CCN(CC(C)(C)O)C(=O)CCCSc1ccccc1. The number of amides is 1. The maximum Gasteiger partial charge on any atom is 0.222 e. The molecule has 1 amide bonds. The van der Waals surface area contributed by atoms with Crippen molar-refractivity contribution in [3.05, 3.63) is 30.3 Å². The number of carbonyl (C=O) groups is 1. The zero-order valence-corrected chi connectivity index (χ0v) is 13.4. The highest BCUT2D eigenvalue weighted by atomic mass is 32.2. The summed E-state index contributed by atoms with van der Waals surface area (Å²) in [6.45, 7) is 6.45. The summed E-state index contributed by atoms with van der Waals surface area (Å²) < 4.78 is 0. The molecule has 0 spiro atoms. The molecule has 0 atom stereocenters. The highest BCUT2D eigenvalue weighted by molar-refractivity contribution is 7.99. The Kier molecular flexibility index (Phi) is 7.10. The van der Waals surface area contributed by atoms with Crippen molar-refractivity contribution in [1.82, 2.24) is 4.90 Å². The van der Waals surface area contributed by atoms with Gasteiger partial charge in [-0.1, -0.05) is 18.2 Å². The molecule has 0 aliphatic heterocycles. The third-order valence-electron chi connectivity index (χ3n) is 2.86. The average molecular weight is 295 g/mol. The van der Waals surface area contributed by atoms with Gasteiger partial charge in [-0.25, -0.2) is 0 Å². The number of likely N-dealkylation sites (N-methyl/N-ethyl adjacent to an activating group) is 1. The number of aliphatic hydroxyl groups is 1. The largest absolute Gasteiger partial charge is 0.389 e. The van der Waals surface area contributed by atoms with Crippen LogP contribution in [0.3, 0.4) is 0 Å². The molecule has 0 aromatic heterocycles. The molecule has 0 bridgehead atoms. The number of hydrogen-bond acceptors (Lipinski definition) is 3. The van der Waals surface area contributed by atoms with Gasteiger partial charge in [0, 0.05) is 24.4 Å². The molecule has 3 nitrogen and oxygen atoms in total. The predicted octanol–water partition coefficient (Wildman–Crippen LogP) is 3.18. The first-order valence-electron chi connectivity index (χ1n) is 7.10. The fourth-order valence-corrected chi connectivity index (χ4v) is 2.81. The van der Waals surface area contributed by atoms with Crippen molar-refractivity contribution in [3.8, 4) is 0 Å². The number of hydrogen-bond donors (Lipinski definition) is 1. The van der Waals surface area contributed by atoms with Crippen molar-refractivity contribution >= 4 is 17.7 Å². The van der Waals surface area contributed by atoms with E-state index < -0.39 is 5.60 Å². The van der Waals surface area contributed by atoms with Crippen LogP contribution in [0.2, 0.25) is 0 Å². The Morgan fingerprint density at radius 3 is 2.50 bits per heavy atom. The summed E-state index contributed by atoms with van der Waals surface area (Å²) in [5.41, 5.74) is -0.829. The number of nitrogens with zero attached hydrogens (tertiary/aromatic N) is 1. The second kappa shape index (κ2) is 8.32. The molecular formula is C16H25NO2S. The van der Waals surface area contributed by atoms with Gasteiger partial charge in [0.05, 0.1) is 5.60 Å². The first-order valence-corrected chi connectivity index (χ1v) is 8.09. The lowest BCUT2D eigenvalue weighted by Crippen LogP contribution is -2.42. The number of rotatable bonds is 8. The molecule has 0 heterocycles. The van der Waals surface area contributed by atoms with Crippen LogP contribution in [-0.2, 0) is 4.79 Å². The number of benzene rings is 1. The Hall–Kier alpha value is -1.00. The second-order valence-corrected chi connectivity index (χ2v) is 6.65.